The van der Waals surface area contributed by atoms with E-state index >= 15 is 0 Å². The van der Waals surface area contributed by atoms with Crippen LogP contribution in [0.2, 0.25) is 0 Å². The zero-order chi connectivity index (χ0) is 17.0. The molecule has 0 saturated heterocycles. The molecule has 5 nitrogen and oxygen atoms in total. The van der Waals surface area contributed by atoms with Crippen molar-refractivity contribution in [1.29, 1.82) is 0 Å². The Morgan fingerprint density at radius 1 is 1.00 bits per heavy atom. The number of ether oxygens (including phenoxy) is 1. The molecule has 0 saturated carbocycles. The number of hydrogen-bond donors (Lipinski definition) is 0. The minimum atomic E-state index is -1.01. The molecule has 2 rings (SSSR count). The monoisotopic (exact) mass is 331 g/mol. The zero-order valence-corrected chi connectivity index (χ0v) is 13.9. The summed E-state index contributed by atoms with van der Waals surface area (Å²) in [4.78, 5) is 38.1. The number of thiophene rings is 1. The molecule has 1 aromatic heterocycles. The number of rotatable bonds is 5. The molecular weight excluding hydrogens is 314 g/mol. The number of hydrogen-bond acceptors (Lipinski definition) is 5. The molecule has 2 aromatic rings. The van der Waals surface area contributed by atoms with Crippen molar-refractivity contribution < 1.29 is 19.1 Å². The van der Waals surface area contributed by atoms with E-state index in [1.165, 1.54) is 17.9 Å². The first-order valence-corrected chi connectivity index (χ1v) is 7.79. The van der Waals surface area contributed by atoms with Gasteiger partial charge in [0.05, 0.1) is 4.88 Å². The highest BCUT2D eigenvalue weighted by molar-refractivity contribution is 7.15. The van der Waals surface area contributed by atoms with Gasteiger partial charge in [-0.05, 0) is 19.1 Å². The van der Waals surface area contributed by atoms with Gasteiger partial charge in [-0.25, -0.2) is 4.79 Å². The van der Waals surface area contributed by atoms with E-state index in [0.717, 1.165) is 11.3 Å². The van der Waals surface area contributed by atoms with Gasteiger partial charge in [0.25, 0.3) is 5.91 Å². The lowest BCUT2D eigenvalue weighted by molar-refractivity contribution is -0.138. The predicted octanol–water partition coefficient (Wildman–Crippen LogP) is 2.94. The van der Waals surface area contributed by atoms with Crippen molar-refractivity contribution in [2.45, 2.75) is 13.0 Å². The Morgan fingerprint density at radius 3 is 2.13 bits per heavy atom. The average molecular weight is 331 g/mol. The number of amides is 1. The summed E-state index contributed by atoms with van der Waals surface area (Å²) in [5.41, 5.74) is 0.600. The maximum atomic E-state index is 12.3. The molecule has 0 aliphatic carbocycles. The number of ketones is 1. The smallest absolute Gasteiger partial charge is 0.349 e. The van der Waals surface area contributed by atoms with Crippen LogP contribution in [0.1, 0.15) is 37.9 Å². The Hall–Kier alpha value is -2.47. The van der Waals surface area contributed by atoms with Gasteiger partial charge in [-0.3, -0.25) is 9.59 Å². The quantitative estimate of drug-likeness (QED) is 0.624. The molecule has 1 aromatic carbocycles. The Balaban J connectivity index is 2.25. The number of likely N-dealkylation sites (N-methyl/N-ethyl adjacent to an activating group) is 1. The van der Waals surface area contributed by atoms with Gasteiger partial charge in [-0.15, -0.1) is 11.3 Å². The first-order valence-electron chi connectivity index (χ1n) is 6.98. The molecule has 0 bridgehead atoms. The molecule has 1 atom stereocenters. The van der Waals surface area contributed by atoms with Crippen molar-refractivity contribution in [3.63, 3.8) is 0 Å². The summed E-state index contributed by atoms with van der Waals surface area (Å²) in [5.74, 6) is -1.06. The summed E-state index contributed by atoms with van der Waals surface area (Å²) in [5, 5.41) is 0. The van der Waals surface area contributed by atoms with Crippen molar-refractivity contribution in [1.82, 2.24) is 4.90 Å². The van der Waals surface area contributed by atoms with Crippen LogP contribution in [0.3, 0.4) is 0 Å². The highest BCUT2D eigenvalue weighted by atomic mass is 32.1. The van der Waals surface area contributed by atoms with Crippen LogP contribution < -0.4 is 0 Å². The SMILES string of the molecule is CC(=O)c1ccc(C(=O)O[C@H](C(=O)N(C)C)c2ccccc2)s1. The van der Waals surface area contributed by atoms with E-state index in [9.17, 15) is 14.4 Å². The van der Waals surface area contributed by atoms with Gasteiger partial charge in [0.1, 0.15) is 4.88 Å². The van der Waals surface area contributed by atoms with E-state index in [1.54, 1.807) is 44.4 Å². The van der Waals surface area contributed by atoms with Gasteiger partial charge in [-0.2, -0.15) is 0 Å². The third kappa shape index (κ3) is 4.04. The van der Waals surface area contributed by atoms with Crippen LogP contribution in [0.15, 0.2) is 42.5 Å². The molecule has 0 fully saturated rings. The van der Waals surface area contributed by atoms with E-state index in [0.29, 0.717) is 15.3 Å². The summed E-state index contributed by atoms with van der Waals surface area (Å²) >= 11 is 1.06. The predicted molar refractivity (Wildman–Crippen MR) is 87.6 cm³/mol. The van der Waals surface area contributed by atoms with Crippen LogP contribution in [-0.4, -0.2) is 36.7 Å². The maximum absolute atomic E-state index is 12.3. The van der Waals surface area contributed by atoms with Gasteiger partial charge >= 0.3 is 5.97 Å². The maximum Gasteiger partial charge on any atom is 0.349 e. The van der Waals surface area contributed by atoms with E-state index in [2.05, 4.69) is 0 Å². The fourth-order valence-corrected chi connectivity index (χ4v) is 2.71. The molecule has 0 aliphatic rings. The van der Waals surface area contributed by atoms with E-state index in [-0.39, 0.29) is 11.7 Å². The van der Waals surface area contributed by atoms with Crippen LogP contribution in [-0.2, 0) is 9.53 Å². The molecular formula is C17H17NO4S. The fourth-order valence-electron chi connectivity index (χ4n) is 1.93. The Bertz CT molecular complexity index is 721. The summed E-state index contributed by atoms with van der Waals surface area (Å²) in [6, 6.07) is 11.9. The molecule has 23 heavy (non-hydrogen) atoms. The Labute approximate surface area is 138 Å². The summed E-state index contributed by atoms with van der Waals surface area (Å²) in [7, 11) is 3.20. The highest BCUT2D eigenvalue weighted by Crippen LogP contribution is 2.24. The Morgan fingerprint density at radius 2 is 1.61 bits per heavy atom. The van der Waals surface area contributed by atoms with Gasteiger partial charge in [0.2, 0.25) is 6.10 Å². The second-order valence-electron chi connectivity index (χ2n) is 5.15. The van der Waals surface area contributed by atoms with E-state index < -0.39 is 12.1 Å². The zero-order valence-electron chi connectivity index (χ0n) is 13.1. The summed E-state index contributed by atoms with van der Waals surface area (Å²) in [6.45, 7) is 1.43. The van der Waals surface area contributed by atoms with Gasteiger partial charge < -0.3 is 9.64 Å². The lowest BCUT2D eigenvalue weighted by atomic mass is 10.1. The number of esters is 1. The second kappa shape index (κ2) is 7.19. The molecule has 1 amide bonds. The molecule has 0 radical (unpaired) electrons. The largest absolute Gasteiger partial charge is 0.443 e. The molecule has 120 valence electrons. The molecule has 1 heterocycles. The normalized spacial score (nSPS) is 11.6. The fraction of sp³-hybridized carbons (Fsp3) is 0.235. The van der Waals surface area contributed by atoms with Crippen LogP contribution >= 0.6 is 11.3 Å². The van der Waals surface area contributed by atoms with Crippen molar-refractivity contribution in [3.8, 4) is 0 Å². The molecule has 0 spiro atoms. The highest BCUT2D eigenvalue weighted by Gasteiger charge is 2.27. The van der Waals surface area contributed by atoms with Crippen LogP contribution in [0.5, 0.6) is 0 Å². The third-order valence-corrected chi connectivity index (χ3v) is 4.31. The minimum absolute atomic E-state index is 0.113. The second-order valence-corrected chi connectivity index (χ2v) is 6.23. The van der Waals surface area contributed by atoms with Crippen LogP contribution in [0.25, 0.3) is 0 Å². The number of carbonyl (C=O) groups excluding carboxylic acids is 3. The van der Waals surface area contributed by atoms with Crippen molar-refractivity contribution in [2.24, 2.45) is 0 Å². The van der Waals surface area contributed by atoms with E-state index in [4.69, 9.17) is 4.74 Å². The first kappa shape index (κ1) is 16.9. The first-order chi connectivity index (χ1) is 10.9. The topological polar surface area (TPSA) is 63.7 Å². The molecule has 0 aliphatic heterocycles. The standard InChI is InChI=1S/C17H17NO4S/c1-11(19)13-9-10-14(23-13)17(21)22-15(16(20)18(2)3)12-7-5-4-6-8-12/h4-10,15H,1-3H3/t15-/m0/s1. The molecule has 0 unspecified atom stereocenters. The van der Waals surface area contributed by atoms with Crippen molar-refractivity contribution in [2.75, 3.05) is 14.1 Å². The summed E-state index contributed by atoms with van der Waals surface area (Å²) < 4.78 is 5.41. The van der Waals surface area contributed by atoms with Gasteiger partial charge in [0.15, 0.2) is 5.78 Å². The molecule has 6 heteroatoms. The van der Waals surface area contributed by atoms with Crippen LogP contribution in [0, 0.1) is 0 Å². The Kier molecular flexibility index (Phi) is 5.28. The lowest BCUT2D eigenvalue weighted by Gasteiger charge is -2.20. The van der Waals surface area contributed by atoms with Gasteiger partial charge in [0, 0.05) is 19.7 Å². The van der Waals surface area contributed by atoms with Crippen molar-refractivity contribution in [3.05, 3.63) is 57.8 Å². The van der Waals surface area contributed by atoms with Crippen LogP contribution in [0.4, 0.5) is 0 Å². The lowest BCUT2D eigenvalue weighted by Crippen LogP contribution is -2.31. The minimum Gasteiger partial charge on any atom is -0.443 e. The number of benzene rings is 1. The van der Waals surface area contributed by atoms with Crippen molar-refractivity contribution >= 4 is 29.0 Å². The van der Waals surface area contributed by atoms with Gasteiger partial charge in [-0.1, -0.05) is 30.3 Å². The third-order valence-electron chi connectivity index (χ3n) is 3.15. The molecule has 0 N–H and O–H groups in total. The number of carbonyl (C=O) groups is 3. The average Bonchev–Trinajstić information content (AvgIpc) is 3.03. The number of nitrogens with zero attached hydrogens (tertiary/aromatic N) is 1. The summed E-state index contributed by atoms with van der Waals surface area (Å²) in [6.07, 6.45) is -1.01. The number of Topliss-reactive ketones (excluding diaryl/α,β-unsaturated/α-hetero) is 1. The van der Waals surface area contributed by atoms with E-state index in [1.807, 2.05) is 6.07 Å².